The fraction of sp³-hybridized carbons (Fsp3) is 0.857. The predicted octanol–water partition coefficient (Wildman–Crippen LogP) is 1.91. The second-order valence-electron chi connectivity index (χ2n) is 5.67. The standard InChI is InChI=1S/C14H25N3O2/c15-14(11-6-4-5-7-11)17-19-10-13(18)16-12-8-2-1-3-9-12/h11-12H,1-10H2,(H2,15,17)(H,16,18). The molecule has 0 aliphatic heterocycles. The number of nitrogens with zero attached hydrogens (tertiary/aromatic N) is 1. The van der Waals surface area contributed by atoms with Crippen LogP contribution < -0.4 is 11.1 Å². The van der Waals surface area contributed by atoms with Gasteiger partial charge in [-0.3, -0.25) is 4.79 Å². The summed E-state index contributed by atoms with van der Waals surface area (Å²) in [5.74, 6) is 0.805. The van der Waals surface area contributed by atoms with Crippen LogP contribution in [0.25, 0.3) is 0 Å². The average Bonchev–Trinajstić information content (AvgIpc) is 2.93. The number of rotatable bonds is 5. The number of nitrogens with one attached hydrogen (secondary N) is 1. The van der Waals surface area contributed by atoms with Crippen LogP contribution in [0, 0.1) is 5.92 Å². The van der Waals surface area contributed by atoms with Gasteiger partial charge in [-0.2, -0.15) is 0 Å². The van der Waals surface area contributed by atoms with Crippen molar-refractivity contribution in [3.05, 3.63) is 0 Å². The number of amidine groups is 1. The van der Waals surface area contributed by atoms with Crippen molar-refractivity contribution >= 4 is 11.7 Å². The van der Waals surface area contributed by atoms with Gasteiger partial charge in [0, 0.05) is 12.0 Å². The number of oxime groups is 1. The lowest BCUT2D eigenvalue weighted by Crippen LogP contribution is -2.38. The Morgan fingerprint density at radius 1 is 1.11 bits per heavy atom. The van der Waals surface area contributed by atoms with E-state index in [-0.39, 0.29) is 12.5 Å². The SMILES string of the molecule is NC(=NOCC(=O)NC1CCCCC1)C1CCCC1. The van der Waals surface area contributed by atoms with Crippen molar-refractivity contribution in [3.63, 3.8) is 0 Å². The third-order valence-corrected chi connectivity index (χ3v) is 4.11. The van der Waals surface area contributed by atoms with Crippen molar-refractivity contribution in [1.82, 2.24) is 5.32 Å². The Morgan fingerprint density at radius 3 is 2.42 bits per heavy atom. The molecule has 0 atom stereocenters. The lowest BCUT2D eigenvalue weighted by Gasteiger charge is -2.22. The molecule has 0 aromatic rings. The summed E-state index contributed by atoms with van der Waals surface area (Å²) in [6.07, 6.45) is 10.5. The molecule has 0 bridgehead atoms. The number of amides is 1. The molecular formula is C14H25N3O2. The highest BCUT2D eigenvalue weighted by Crippen LogP contribution is 2.24. The van der Waals surface area contributed by atoms with E-state index in [0.29, 0.717) is 17.8 Å². The molecule has 0 unspecified atom stereocenters. The molecule has 0 heterocycles. The fourth-order valence-electron chi connectivity index (χ4n) is 2.98. The maximum Gasteiger partial charge on any atom is 0.260 e. The quantitative estimate of drug-likeness (QED) is 0.454. The summed E-state index contributed by atoms with van der Waals surface area (Å²) in [6.45, 7) is -0.0239. The van der Waals surface area contributed by atoms with Crippen LogP contribution in [0.3, 0.4) is 0 Å². The summed E-state index contributed by atoms with van der Waals surface area (Å²) in [5, 5.41) is 6.86. The largest absolute Gasteiger partial charge is 0.384 e. The first-order valence-corrected chi connectivity index (χ1v) is 7.50. The molecule has 5 heteroatoms. The molecule has 5 nitrogen and oxygen atoms in total. The minimum atomic E-state index is -0.0881. The Hall–Kier alpha value is -1.26. The van der Waals surface area contributed by atoms with E-state index in [1.807, 2.05) is 0 Å². The van der Waals surface area contributed by atoms with Crippen LogP contribution in [0.2, 0.25) is 0 Å². The van der Waals surface area contributed by atoms with Crippen LogP contribution in [0.4, 0.5) is 0 Å². The van der Waals surface area contributed by atoms with Gasteiger partial charge in [-0.15, -0.1) is 0 Å². The Labute approximate surface area is 114 Å². The molecule has 2 saturated carbocycles. The molecule has 19 heavy (non-hydrogen) atoms. The number of carbonyl (C=O) groups is 1. The monoisotopic (exact) mass is 267 g/mol. The first-order chi connectivity index (χ1) is 9.25. The second-order valence-corrected chi connectivity index (χ2v) is 5.67. The van der Waals surface area contributed by atoms with Crippen LogP contribution in [-0.4, -0.2) is 24.4 Å². The van der Waals surface area contributed by atoms with Crippen molar-refractivity contribution in [2.75, 3.05) is 6.61 Å². The normalized spacial score (nSPS) is 22.4. The second kappa shape index (κ2) is 7.36. The van der Waals surface area contributed by atoms with Gasteiger partial charge in [0.15, 0.2) is 6.61 Å². The first-order valence-electron chi connectivity index (χ1n) is 7.50. The lowest BCUT2D eigenvalue weighted by atomic mass is 9.95. The minimum absolute atomic E-state index is 0.0239. The van der Waals surface area contributed by atoms with E-state index in [9.17, 15) is 4.79 Å². The molecule has 0 aromatic carbocycles. The van der Waals surface area contributed by atoms with Crippen molar-refractivity contribution in [2.24, 2.45) is 16.8 Å². The van der Waals surface area contributed by atoms with Crippen molar-refractivity contribution < 1.29 is 9.63 Å². The molecule has 0 spiro atoms. The molecule has 0 aromatic heterocycles. The summed E-state index contributed by atoms with van der Waals surface area (Å²) < 4.78 is 0. The molecule has 2 fully saturated rings. The number of nitrogens with two attached hydrogens (primary N) is 1. The summed E-state index contributed by atoms with van der Waals surface area (Å²) in [4.78, 5) is 16.7. The van der Waals surface area contributed by atoms with Gasteiger partial charge in [0.05, 0.1) is 0 Å². The molecule has 0 saturated heterocycles. The molecule has 1 amide bonds. The van der Waals surface area contributed by atoms with Gasteiger partial charge >= 0.3 is 0 Å². The van der Waals surface area contributed by atoms with E-state index in [1.54, 1.807) is 0 Å². The van der Waals surface area contributed by atoms with E-state index in [2.05, 4.69) is 10.5 Å². The lowest BCUT2D eigenvalue weighted by molar-refractivity contribution is -0.126. The molecule has 0 radical (unpaired) electrons. The van der Waals surface area contributed by atoms with Gasteiger partial charge in [0.2, 0.25) is 0 Å². The van der Waals surface area contributed by atoms with E-state index >= 15 is 0 Å². The highest BCUT2D eigenvalue weighted by atomic mass is 16.6. The molecular weight excluding hydrogens is 242 g/mol. The number of hydrogen-bond donors (Lipinski definition) is 2. The Balaban J connectivity index is 1.63. The Kier molecular flexibility index (Phi) is 5.48. The third-order valence-electron chi connectivity index (χ3n) is 4.11. The molecule has 2 aliphatic carbocycles. The molecule has 2 aliphatic rings. The van der Waals surface area contributed by atoms with Crippen LogP contribution in [0.15, 0.2) is 5.16 Å². The van der Waals surface area contributed by atoms with Gasteiger partial charge in [-0.05, 0) is 25.7 Å². The van der Waals surface area contributed by atoms with Crippen LogP contribution >= 0.6 is 0 Å². The van der Waals surface area contributed by atoms with Gasteiger partial charge in [-0.1, -0.05) is 37.3 Å². The Bertz CT molecular complexity index is 319. The van der Waals surface area contributed by atoms with Crippen LogP contribution in [0.5, 0.6) is 0 Å². The first kappa shape index (κ1) is 14.2. The smallest absolute Gasteiger partial charge is 0.260 e. The molecule has 3 N–H and O–H groups in total. The predicted molar refractivity (Wildman–Crippen MR) is 74.5 cm³/mol. The van der Waals surface area contributed by atoms with Gasteiger partial charge in [0.25, 0.3) is 5.91 Å². The number of carbonyl (C=O) groups excluding carboxylic acids is 1. The van der Waals surface area contributed by atoms with Gasteiger partial charge < -0.3 is 15.9 Å². The van der Waals surface area contributed by atoms with E-state index in [4.69, 9.17) is 10.6 Å². The van der Waals surface area contributed by atoms with Gasteiger partial charge in [0.1, 0.15) is 5.84 Å². The van der Waals surface area contributed by atoms with Crippen molar-refractivity contribution in [1.29, 1.82) is 0 Å². The van der Waals surface area contributed by atoms with Crippen LogP contribution in [0.1, 0.15) is 57.8 Å². The zero-order valence-electron chi connectivity index (χ0n) is 11.6. The zero-order chi connectivity index (χ0) is 13.5. The van der Waals surface area contributed by atoms with Crippen molar-refractivity contribution in [2.45, 2.75) is 63.8 Å². The summed E-state index contributed by atoms with van der Waals surface area (Å²) in [6, 6.07) is 0.320. The number of hydrogen-bond acceptors (Lipinski definition) is 3. The van der Waals surface area contributed by atoms with E-state index in [1.165, 1.54) is 32.1 Å². The fourth-order valence-corrected chi connectivity index (χ4v) is 2.98. The maximum absolute atomic E-state index is 11.7. The van der Waals surface area contributed by atoms with Crippen LogP contribution in [-0.2, 0) is 9.63 Å². The van der Waals surface area contributed by atoms with E-state index < -0.39 is 0 Å². The highest BCUT2D eigenvalue weighted by molar-refractivity contribution is 5.82. The molecule has 2 rings (SSSR count). The summed E-state index contributed by atoms with van der Waals surface area (Å²) >= 11 is 0. The van der Waals surface area contributed by atoms with E-state index in [0.717, 1.165) is 25.7 Å². The summed E-state index contributed by atoms with van der Waals surface area (Å²) in [7, 11) is 0. The van der Waals surface area contributed by atoms with Gasteiger partial charge in [-0.25, -0.2) is 0 Å². The Morgan fingerprint density at radius 2 is 1.74 bits per heavy atom. The topological polar surface area (TPSA) is 76.7 Å². The van der Waals surface area contributed by atoms with Crippen molar-refractivity contribution in [3.8, 4) is 0 Å². The molecule has 108 valence electrons. The minimum Gasteiger partial charge on any atom is -0.384 e. The highest BCUT2D eigenvalue weighted by Gasteiger charge is 2.19. The summed E-state index contributed by atoms with van der Waals surface area (Å²) in [5.41, 5.74) is 5.84. The average molecular weight is 267 g/mol. The maximum atomic E-state index is 11.7. The third kappa shape index (κ3) is 4.73. The zero-order valence-corrected chi connectivity index (χ0v) is 11.6.